The monoisotopic (exact) mass is 542 g/mol. The Labute approximate surface area is 201 Å². The summed E-state index contributed by atoms with van der Waals surface area (Å²) in [5, 5.41) is 12.8. The summed E-state index contributed by atoms with van der Waals surface area (Å²) in [7, 11) is -3.91. The van der Waals surface area contributed by atoms with Gasteiger partial charge in [-0.05, 0) is 0 Å². The summed E-state index contributed by atoms with van der Waals surface area (Å²) in [5.74, 6) is -0.0516. The van der Waals surface area contributed by atoms with Gasteiger partial charge in [-0.1, -0.05) is 0 Å². The second kappa shape index (κ2) is 10.4. The molecule has 0 radical (unpaired) electrons. The molecule has 4 aromatic rings. The van der Waals surface area contributed by atoms with E-state index in [0.29, 0.717) is 26.4 Å². The quantitative estimate of drug-likeness (QED) is 0.149. The molecule has 12 heteroatoms. The zero-order chi connectivity index (χ0) is 24.0. The molecule has 0 unspecified atom stereocenters. The number of rotatable bonds is 8. The molecule has 0 atom stereocenters. The first kappa shape index (κ1) is 23.3. The van der Waals surface area contributed by atoms with Crippen LogP contribution in [-0.4, -0.2) is 40.0 Å². The average Bonchev–Trinajstić information content (AvgIpc) is 3.48. The van der Waals surface area contributed by atoms with Gasteiger partial charge in [0.05, 0.1) is 0 Å². The molecule has 2 aromatic heterocycles. The maximum atomic E-state index is 12.1. The van der Waals surface area contributed by atoms with Crippen LogP contribution in [0.1, 0.15) is 12.7 Å². The summed E-state index contributed by atoms with van der Waals surface area (Å²) in [6.07, 6.45) is 3.12. The molecule has 2 heterocycles. The van der Waals surface area contributed by atoms with Gasteiger partial charge in [-0.2, -0.15) is 0 Å². The first-order valence-electron chi connectivity index (χ1n) is 9.85. The number of amides is 1. The maximum absolute atomic E-state index is 12.1. The van der Waals surface area contributed by atoms with Crippen LogP contribution < -0.4 is 10.1 Å². The zero-order valence-electron chi connectivity index (χ0n) is 17.7. The number of hydrazone groups is 1. The molecule has 0 aliphatic carbocycles. The molecule has 2 aromatic carbocycles. The van der Waals surface area contributed by atoms with Crippen molar-refractivity contribution < 1.29 is 17.6 Å². The third-order valence-corrected chi connectivity index (χ3v) is 7.45. The molecule has 0 spiro atoms. The number of aromatic nitrogens is 1. The number of hydrogen-bond acceptors (Lipinski definition) is 9. The first-order chi connectivity index (χ1) is 16.4. The van der Waals surface area contributed by atoms with Crippen LogP contribution in [0.25, 0.3) is 11.3 Å². The Morgan fingerprint density at radius 3 is 2.47 bits per heavy atom. The van der Waals surface area contributed by atoms with Crippen molar-refractivity contribution in [2.24, 2.45) is 15.3 Å². The number of sulfonamides is 1. The van der Waals surface area contributed by atoms with Gasteiger partial charge >= 0.3 is 202 Å². The summed E-state index contributed by atoms with van der Waals surface area (Å²) in [4.78, 5) is 15.7. The molecule has 2 N–H and O–H groups in total. The zero-order valence-corrected chi connectivity index (χ0v) is 20.3. The standard InChI is InChI=1S/C22H18N6O4SSe/c1-15(29)28-33(30,31)19-11-9-17(10-12-19)25-26-21-20(16-6-3-2-4-7-16)24-22(34-21)27-23-14-18-8-5-13-32-18/h2-14H,1H3,(H,24,27)(H,28,29). The molecule has 0 bridgehead atoms. The third kappa shape index (κ3) is 5.93. The van der Waals surface area contributed by atoms with Gasteiger partial charge < -0.3 is 0 Å². The molecule has 0 aliphatic rings. The second-order valence-corrected chi connectivity index (χ2v) is 10.5. The summed E-state index contributed by atoms with van der Waals surface area (Å²) >= 11 is -0.288. The van der Waals surface area contributed by atoms with Crippen LogP contribution in [-0.2, 0) is 14.8 Å². The molecule has 0 saturated carbocycles. The van der Waals surface area contributed by atoms with E-state index in [1.807, 2.05) is 35.1 Å². The first-order valence-corrected chi connectivity index (χ1v) is 13.0. The molecule has 4 rings (SSSR count). The number of hydrogen-bond donors (Lipinski definition) is 2. The van der Waals surface area contributed by atoms with Crippen molar-refractivity contribution >= 4 is 51.6 Å². The molecule has 1 amide bonds. The number of nitrogens with one attached hydrogen (secondary N) is 2. The topological polar surface area (TPSA) is 138 Å². The van der Waals surface area contributed by atoms with Crippen LogP contribution >= 0.6 is 0 Å². The van der Waals surface area contributed by atoms with Crippen LogP contribution in [0, 0.1) is 0 Å². The molecule has 0 aliphatic heterocycles. The fourth-order valence-electron chi connectivity index (χ4n) is 2.77. The van der Waals surface area contributed by atoms with Crippen molar-refractivity contribution in [3.05, 3.63) is 78.8 Å². The minimum absolute atomic E-state index is 0.0415. The Hall–Kier alpha value is -3.86. The Kier molecular flexibility index (Phi) is 7.12. The molecule has 0 fully saturated rings. The predicted octanol–water partition coefficient (Wildman–Crippen LogP) is 4.08. The van der Waals surface area contributed by atoms with Crippen molar-refractivity contribution in [1.82, 2.24) is 9.71 Å². The number of anilines is 1. The van der Waals surface area contributed by atoms with E-state index >= 15 is 0 Å². The van der Waals surface area contributed by atoms with Gasteiger partial charge in [0.2, 0.25) is 0 Å². The van der Waals surface area contributed by atoms with Crippen molar-refractivity contribution in [3.63, 3.8) is 0 Å². The Balaban J connectivity index is 1.57. The van der Waals surface area contributed by atoms with E-state index in [-0.39, 0.29) is 19.4 Å². The van der Waals surface area contributed by atoms with Crippen molar-refractivity contribution in [3.8, 4) is 11.3 Å². The SMILES string of the molecule is CC(=O)NS(=O)(=O)c1ccc(N=Nc2[se]c(NN=Cc3ccco3)nc2-c2ccccc2)cc1. The fourth-order valence-corrected chi connectivity index (χ4v) is 5.36. The number of benzene rings is 2. The number of azo groups is 1. The van der Waals surface area contributed by atoms with Gasteiger partial charge in [0, 0.05) is 0 Å². The van der Waals surface area contributed by atoms with Crippen LogP contribution in [0.4, 0.5) is 14.9 Å². The Morgan fingerprint density at radius 2 is 1.79 bits per heavy atom. The van der Waals surface area contributed by atoms with Gasteiger partial charge in [0.15, 0.2) is 0 Å². The molecule has 172 valence electrons. The summed E-state index contributed by atoms with van der Waals surface area (Å²) in [6, 6.07) is 18.9. The third-order valence-electron chi connectivity index (χ3n) is 4.23. The number of carbonyl (C=O) groups excluding carboxylic acids is 1. The van der Waals surface area contributed by atoms with Crippen molar-refractivity contribution in [2.75, 3.05) is 5.43 Å². The minimum atomic E-state index is -3.91. The van der Waals surface area contributed by atoms with E-state index in [0.717, 1.165) is 12.5 Å². The van der Waals surface area contributed by atoms with Gasteiger partial charge in [0.1, 0.15) is 0 Å². The molecular weight excluding hydrogens is 523 g/mol. The summed E-state index contributed by atoms with van der Waals surface area (Å²) < 4.78 is 32.7. The van der Waals surface area contributed by atoms with Gasteiger partial charge in [-0.25, -0.2) is 0 Å². The second-order valence-electron chi connectivity index (χ2n) is 6.78. The van der Waals surface area contributed by atoms with E-state index in [4.69, 9.17) is 4.42 Å². The van der Waals surface area contributed by atoms with Gasteiger partial charge in [-0.3, -0.25) is 0 Å². The van der Waals surface area contributed by atoms with Crippen LogP contribution in [0.2, 0.25) is 0 Å². The summed E-state index contributed by atoms with van der Waals surface area (Å²) in [5.41, 5.74) is 4.96. The van der Waals surface area contributed by atoms with E-state index in [9.17, 15) is 13.2 Å². The van der Waals surface area contributed by atoms with Gasteiger partial charge in [0.25, 0.3) is 0 Å². The fraction of sp³-hybridized carbons (Fsp3) is 0.0455. The molecule has 34 heavy (non-hydrogen) atoms. The predicted molar refractivity (Wildman–Crippen MR) is 128 cm³/mol. The Bertz CT molecular complexity index is 1430. The van der Waals surface area contributed by atoms with Crippen molar-refractivity contribution in [1.29, 1.82) is 0 Å². The van der Waals surface area contributed by atoms with E-state index < -0.39 is 15.9 Å². The molecule has 0 saturated heterocycles. The van der Waals surface area contributed by atoms with E-state index in [1.165, 1.54) is 24.3 Å². The summed E-state index contributed by atoms with van der Waals surface area (Å²) in [6.45, 7) is 1.13. The normalized spacial score (nSPS) is 11.8. The van der Waals surface area contributed by atoms with E-state index in [1.54, 1.807) is 24.6 Å². The van der Waals surface area contributed by atoms with Crippen LogP contribution in [0.5, 0.6) is 0 Å². The number of carbonyl (C=O) groups is 1. The van der Waals surface area contributed by atoms with Gasteiger partial charge in [-0.15, -0.1) is 0 Å². The molecule has 10 nitrogen and oxygen atoms in total. The van der Waals surface area contributed by atoms with Crippen molar-refractivity contribution in [2.45, 2.75) is 11.8 Å². The Morgan fingerprint density at radius 1 is 1.03 bits per heavy atom. The average molecular weight is 541 g/mol. The number of nitrogens with zero attached hydrogens (tertiary/aromatic N) is 4. The van der Waals surface area contributed by atoms with E-state index in [2.05, 4.69) is 25.7 Å². The van der Waals surface area contributed by atoms with Crippen LogP contribution in [0.3, 0.4) is 0 Å². The number of furan rings is 1. The molecular formula is C22H18N6O4SSe. The van der Waals surface area contributed by atoms with Crippen LogP contribution in [0.15, 0.2) is 97.6 Å².